The molecule has 0 aliphatic carbocycles. The van der Waals surface area contributed by atoms with E-state index in [1.54, 1.807) is 0 Å². The Hall–Kier alpha value is -1.33. The van der Waals surface area contributed by atoms with Crippen molar-refractivity contribution < 1.29 is 0 Å². The van der Waals surface area contributed by atoms with Crippen LogP contribution in [-0.4, -0.2) is 9.97 Å². The normalized spacial score (nSPS) is 10.9. The topological polar surface area (TPSA) is 63.8 Å². The van der Waals surface area contributed by atoms with Crippen molar-refractivity contribution in [2.24, 2.45) is 0 Å². The molecular formula is C14H16BrClN4. The van der Waals surface area contributed by atoms with Gasteiger partial charge in [0.15, 0.2) is 0 Å². The highest BCUT2D eigenvalue weighted by Gasteiger charge is 2.13. The molecule has 2 rings (SSSR count). The van der Waals surface area contributed by atoms with E-state index in [0.29, 0.717) is 22.5 Å². The van der Waals surface area contributed by atoms with Gasteiger partial charge in [0.2, 0.25) is 0 Å². The zero-order valence-corrected chi connectivity index (χ0v) is 13.9. The van der Waals surface area contributed by atoms with Crippen molar-refractivity contribution in [1.82, 2.24) is 9.97 Å². The van der Waals surface area contributed by atoms with Crippen molar-refractivity contribution in [3.63, 3.8) is 0 Å². The van der Waals surface area contributed by atoms with Crippen LogP contribution in [0.4, 0.5) is 17.3 Å². The van der Waals surface area contributed by atoms with Gasteiger partial charge in [-0.15, -0.1) is 0 Å². The van der Waals surface area contributed by atoms with Crippen LogP contribution < -0.4 is 11.1 Å². The summed E-state index contributed by atoms with van der Waals surface area (Å²) in [7, 11) is 0. The van der Waals surface area contributed by atoms with Gasteiger partial charge in [0.25, 0.3) is 0 Å². The number of nitrogen functional groups attached to an aromatic ring is 1. The van der Waals surface area contributed by atoms with Crippen LogP contribution in [-0.2, 0) is 0 Å². The first-order valence-electron chi connectivity index (χ1n) is 6.25. The monoisotopic (exact) mass is 354 g/mol. The van der Waals surface area contributed by atoms with Gasteiger partial charge in [0.1, 0.15) is 17.5 Å². The van der Waals surface area contributed by atoms with E-state index in [1.165, 1.54) is 0 Å². The number of rotatable bonds is 3. The largest absolute Gasteiger partial charge is 0.383 e. The summed E-state index contributed by atoms with van der Waals surface area (Å²) >= 11 is 9.55. The second-order valence-corrected chi connectivity index (χ2v) is 6.02. The predicted octanol–water partition coefficient (Wildman–Crippen LogP) is 4.65. The molecular weight excluding hydrogens is 340 g/mol. The number of hydrogen-bond donors (Lipinski definition) is 2. The number of halogens is 2. The Morgan fingerprint density at radius 3 is 2.65 bits per heavy atom. The second kappa shape index (κ2) is 5.97. The second-order valence-electron chi connectivity index (χ2n) is 4.82. The lowest BCUT2D eigenvalue weighted by Gasteiger charge is -2.14. The highest BCUT2D eigenvalue weighted by Crippen LogP contribution is 2.33. The van der Waals surface area contributed by atoms with Crippen LogP contribution >= 0.6 is 27.5 Å². The predicted molar refractivity (Wildman–Crippen MR) is 87.7 cm³/mol. The van der Waals surface area contributed by atoms with Crippen LogP contribution in [0.15, 0.2) is 22.7 Å². The van der Waals surface area contributed by atoms with Gasteiger partial charge in [-0.05, 0) is 35.0 Å². The third-order valence-corrected chi connectivity index (χ3v) is 4.32. The Kier molecular flexibility index (Phi) is 4.50. The van der Waals surface area contributed by atoms with Gasteiger partial charge in [0, 0.05) is 11.5 Å². The molecule has 0 atom stereocenters. The van der Waals surface area contributed by atoms with Gasteiger partial charge in [0.05, 0.1) is 15.2 Å². The van der Waals surface area contributed by atoms with Gasteiger partial charge >= 0.3 is 0 Å². The van der Waals surface area contributed by atoms with E-state index in [-0.39, 0.29) is 5.92 Å². The summed E-state index contributed by atoms with van der Waals surface area (Å²) in [5.74, 6) is 2.11. The zero-order valence-electron chi connectivity index (χ0n) is 11.5. The fourth-order valence-electron chi connectivity index (χ4n) is 1.66. The maximum atomic E-state index is 6.09. The molecule has 4 nitrogen and oxygen atoms in total. The third-order valence-electron chi connectivity index (χ3n) is 2.92. The molecule has 0 bridgehead atoms. The average molecular weight is 356 g/mol. The number of anilines is 3. The van der Waals surface area contributed by atoms with Crippen LogP contribution in [0, 0.1) is 6.92 Å². The quantitative estimate of drug-likeness (QED) is 0.841. The van der Waals surface area contributed by atoms with Gasteiger partial charge in [-0.25, -0.2) is 9.97 Å². The van der Waals surface area contributed by atoms with Crippen LogP contribution in [0.2, 0.25) is 5.02 Å². The number of nitrogens with zero attached hydrogens (tertiary/aromatic N) is 2. The summed E-state index contributed by atoms with van der Waals surface area (Å²) in [5.41, 5.74) is 7.61. The van der Waals surface area contributed by atoms with Crippen molar-refractivity contribution >= 4 is 44.9 Å². The lowest BCUT2D eigenvalue weighted by molar-refractivity contribution is 0.776. The van der Waals surface area contributed by atoms with E-state index < -0.39 is 0 Å². The van der Waals surface area contributed by atoms with Gasteiger partial charge in [-0.3, -0.25) is 0 Å². The van der Waals surface area contributed by atoms with Gasteiger partial charge in [-0.2, -0.15) is 0 Å². The van der Waals surface area contributed by atoms with E-state index >= 15 is 0 Å². The molecule has 0 radical (unpaired) electrons. The lowest BCUT2D eigenvalue weighted by Crippen LogP contribution is -2.08. The molecule has 1 aromatic carbocycles. The van der Waals surface area contributed by atoms with E-state index in [9.17, 15) is 0 Å². The minimum atomic E-state index is 0.209. The first-order valence-corrected chi connectivity index (χ1v) is 7.42. The van der Waals surface area contributed by atoms with Gasteiger partial charge < -0.3 is 11.1 Å². The number of aromatic nitrogens is 2. The first kappa shape index (κ1) is 15.1. The molecule has 0 fully saturated rings. The molecule has 1 aromatic heterocycles. The standard InChI is InChI=1S/C14H16BrClN4/c1-7(2)13-19-12(17)8(3)14(20-13)18-10-6-4-5-9(16)11(10)15/h4-7H,1-3H3,(H3,17,18,19,20). The third kappa shape index (κ3) is 3.04. The minimum absolute atomic E-state index is 0.209. The van der Waals surface area contributed by atoms with E-state index in [1.807, 2.05) is 39.0 Å². The van der Waals surface area contributed by atoms with Crippen molar-refractivity contribution in [3.8, 4) is 0 Å². The molecule has 1 heterocycles. The van der Waals surface area contributed by atoms with E-state index in [4.69, 9.17) is 17.3 Å². The Morgan fingerprint density at radius 2 is 2.00 bits per heavy atom. The average Bonchev–Trinajstić information content (AvgIpc) is 2.39. The summed E-state index contributed by atoms with van der Waals surface area (Å²) in [6.45, 7) is 5.95. The summed E-state index contributed by atoms with van der Waals surface area (Å²) < 4.78 is 0.796. The molecule has 0 aliphatic heterocycles. The number of hydrogen-bond acceptors (Lipinski definition) is 4. The molecule has 0 aliphatic rings. The molecule has 0 spiro atoms. The maximum absolute atomic E-state index is 6.09. The number of benzene rings is 1. The van der Waals surface area contributed by atoms with Crippen molar-refractivity contribution in [2.75, 3.05) is 11.1 Å². The Morgan fingerprint density at radius 1 is 1.30 bits per heavy atom. The molecule has 0 unspecified atom stereocenters. The molecule has 3 N–H and O–H groups in total. The van der Waals surface area contributed by atoms with Crippen LogP contribution in [0.1, 0.15) is 31.2 Å². The SMILES string of the molecule is Cc1c(N)nc(C(C)C)nc1Nc1cccc(Cl)c1Br. The molecule has 2 aromatic rings. The lowest BCUT2D eigenvalue weighted by atomic mass is 10.2. The molecule has 0 saturated carbocycles. The summed E-state index contributed by atoms with van der Waals surface area (Å²) in [5, 5.41) is 3.89. The highest BCUT2D eigenvalue weighted by atomic mass is 79.9. The van der Waals surface area contributed by atoms with Crippen molar-refractivity contribution in [3.05, 3.63) is 39.1 Å². The summed E-state index contributed by atoms with van der Waals surface area (Å²) in [4.78, 5) is 8.84. The number of nitrogens with two attached hydrogens (primary N) is 1. The fourth-order valence-corrected chi connectivity index (χ4v) is 2.20. The zero-order chi connectivity index (χ0) is 14.9. The van der Waals surface area contributed by atoms with E-state index in [2.05, 4.69) is 31.2 Å². The molecule has 0 amide bonds. The first-order chi connectivity index (χ1) is 9.40. The Bertz CT molecular complexity index is 643. The van der Waals surface area contributed by atoms with Crippen LogP contribution in [0.5, 0.6) is 0 Å². The van der Waals surface area contributed by atoms with Crippen molar-refractivity contribution in [1.29, 1.82) is 0 Å². The molecule has 6 heteroatoms. The van der Waals surface area contributed by atoms with Crippen LogP contribution in [0.25, 0.3) is 0 Å². The van der Waals surface area contributed by atoms with Crippen molar-refractivity contribution in [2.45, 2.75) is 26.7 Å². The fraction of sp³-hybridized carbons (Fsp3) is 0.286. The smallest absolute Gasteiger partial charge is 0.139 e. The Balaban J connectivity index is 2.45. The summed E-state index contributed by atoms with van der Waals surface area (Å²) in [6, 6.07) is 5.61. The molecule has 0 saturated heterocycles. The highest BCUT2D eigenvalue weighted by molar-refractivity contribution is 9.10. The minimum Gasteiger partial charge on any atom is -0.383 e. The van der Waals surface area contributed by atoms with Gasteiger partial charge in [-0.1, -0.05) is 31.5 Å². The van der Waals surface area contributed by atoms with Crippen LogP contribution in [0.3, 0.4) is 0 Å². The van der Waals surface area contributed by atoms with E-state index in [0.717, 1.165) is 15.7 Å². The summed E-state index contributed by atoms with van der Waals surface area (Å²) in [6.07, 6.45) is 0. The number of nitrogens with one attached hydrogen (secondary N) is 1. The Labute approximate surface area is 131 Å². The molecule has 106 valence electrons. The maximum Gasteiger partial charge on any atom is 0.139 e. The molecule has 20 heavy (non-hydrogen) atoms.